The van der Waals surface area contributed by atoms with Crippen LogP contribution in [-0.4, -0.2) is 60.0 Å². The minimum Gasteiger partial charge on any atom is -0.495 e. The van der Waals surface area contributed by atoms with Gasteiger partial charge >= 0.3 is 0 Å². The van der Waals surface area contributed by atoms with Crippen LogP contribution in [0.5, 0.6) is 5.75 Å². The van der Waals surface area contributed by atoms with Crippen molar-refractivity contribution >= 4 is 53.3 Å². The molecule has 0 spiro atoms. The number of methoxy groups -OCH3 is 1. The first-order valence-electron chi connectivity index (χ1n) is 9.73. The molecule has 0 unspecified atom stereocenters. The van der Waals surface area contributed by atoms with Crippen LogP contribution in [0.4, 0.5) is 11.4 Å². The molecule has 9 nitrogen and oxygen atoms in total. The molecule has 1 saturated heterocycles. The topological polar surface area (TPSA) is 113 Å². The number of hydrogen-bond acceptors (Lipinski definition) is 6. The zero-order valence-corrected chi connectivity index (χ0v) is 20.8. The molecular formula is C20H24BrN3O6S2. The fraction of sp³-hybridized carbons (Fsp3) is 0.350. The lowest BCUT2D eigenvalue weighted by atomic mass is 10.3. The number of sulfonamides is 2. The average Bonchev–Trinajstić information content (AvgIpc) is 3.28. The first-order chi connectivity index (χ1) is 15.0. The third-order valence-electron chi connectivity index (χ3n) is 4.95. The van der Waals surface area contributed by atoms with Crippen LogP contribution in [0, 0.1) is 0 Å². The molecular weight excluding hydrogens is 522 g/mol. The van der Waals surface area contributed by atoms with Gasteiger partial charge in [0.2, 0.25) is 26.0 Å². The van der Waals surface area contributed by atoms with Gasteiger partial charge in [0, 0.05) is 17.6 Å². The lowest BCUT2D eigenvalue weighted by Crippen LogP contribution is -2.37. The maximum atomic E-state index is 12.9. The Kier molecular flexibility index (Phi) is 7.48. The Bertz CT molecular complexity index is 1190. The van der Waals surface area contributed by atoms with Crippen molar-refractivity contribution < 1.29 is 26.4 Å². The molecule has 0 radical (unpaired) electrons. The van der Waals surface area contributed by atoms with Crippen molar-refractivity contribution in [3.63, 3.8) is 0 Å². The number of hydrogen-bond donors (Lipinski definition) is 1. The van der Waals surface area contributed by atoms with Crippen molar-refractivity contribution in [1.82, 2.24) is 4.31 Å². The van der Waals surface area contributed by atoms with E-state index in [9.17, 15) is 21.6 Å². The lowest BCUT2D eigenvalue weighted by Gasteiger charge is -2.22. The standard InChI is InChI=1S/C20H24BrN3O6S2/c1-30-19-10-9-17(32(28,29)23-11-3-4-12-23)13-18(19)22-20(25)14-24(31(2,26)27)16-7-5-15(21)6-8-16/h5-10,13H,3-4,11-12,14H2,1-2H3,(H,22,25). The third kappa shape index (κ3) is 5.61. The fourth-order valence-electron chi connectivity index (χ4n) is 3.35. The van der Waals surface area contributed by atoms with E-state index >= 15 is 0 Å². The minimum absolute atomic E-state index is 0.0309. The van der Waals surface area contributed by atoms with Gasteiger partial charge < -0.3 is 10.1 Å². The van der Waals surface area contributed by atoms with E-state index in [0.717, 1.165) is 27.9 Å². The van der Waals surface area contributed by atoms with Gasteiger partial charge in [0.15, 0.2) is 0 Å². The van der Waals surface area contributed by atoms with Gasteiger partial charge in [-0.3, -0.25) is 9.10 Å². The molecule has 0 aromatic heterocycles. The van der Waals surface area contributed by atoms with Gasteiger partial charge in [-0.05, 0) is 55.3 Å². The molecule has 2 aromatic carbocycles. The number of nitrogens with one attached hydrogen (secondary N) is 1. The Balaban J connectivity index is 1.86. The fourth-order valence-corrected chi connectivity index (χ4v) is 6.01. The summed E-state index contributed by atoms with van der Waals surface area (Å²) < 4.78 is 58.7. The van der Waals surface area contributed by atoms with Gasteiger partial charge in [-0.15, -0.1) is 0 Å². The first kappa shape index (κ1) is 24.5. The van der Waals surface area contributed by atoms with E-state index < -0.39 is 32.5 Å². The van der Waals surface area contributed by atoms with Crippen LogP contribution in [0.15, 0.2) is 51.8 Å². The van der Waals surface area contributed by atoms with E-state index in [2.05, 4.69) is 21.2 Å². The van der Waals surface area contributed by atoms with E-state index in [1.165, 1.54) is 29.6 Å². The highest BCUT2D eigenvalue weighted by atomic mass is 79.9. The number of carbonyl (C=O) groups is 1. The molecule has 1 fully saturated rings. The van der Waals surface area contributed by atoms with Gasteiger partial charge in [-0.25, -0.2) is 16.8 Å². The van der Waals surface area contributed by atoms with Crippen LogP contribution in [0.1, 0.15) is 12.8 Å². The maximum Gasteiger partial charge on any atom is 0.245 e. The summed E-state index contributed by atoms with van der Waals surface area (Å²) in [6, 6.07) is 10.7. The largest absolute Gasteiger partial charge is 0.495 e. The summed E-state index contributed by atoms with van der Waals surface area (Å²) in [5.41, 5.74) is 0.463. The van der Waals surface area contributed by atoms with Gasteiger partial charge in [0.1, 0.15) is 12.3 Å². The molecule has 174 valence electrons. The minimum atomic E-state index is -3.75. The summed E-state index contributed by atoms with van der Waals surface area (Å²) in [4.78, 5) is 12.8. The summed E-state index contributed by atoms with van der Waals surface area (Å²) in [5, 5.41) is 2.59. The number of ether oxygens (including phenoxy) is 1. The SMILES string of the molecule is COc1ccc(S(=O)(=O)N2CCCC2)cc1NC(=O)CN(c1ccc(Br)cc1)S(C)(=O)=O. The zero-order valence-electron chi connectivity index (χ0n) is 17.6. The van der Waals surface area contributed by atoms with E-state index in [1.807, 2.05) is 0 Å². The Hall–Kier alpha value is -2.15. The third-order valence-corrected chi connectivity index (χ3v) is 8.51. The van der Waals surface area contributed by atoms with Crippen molar-refractivity contribution in [3.05, 3.63) is 46.9 Å². The summed E-state index contributed by atoms with van der Waals surface area (Å²) >= 11 is 3.29. The molecule has 1 aliphatic rings. The van der Waals surface area contributed by atoms with Crippen molar-refractivity contribution in [1.29, 1.82) is 0 Å². The molecule has 3 rings (SSSR count). The Morgan fingerprint density at radius 3 is 2.28 bits per heavy atom. The highest BCUT2D eigenvalue weighted by Gasteiger charge is 2.28. The molecule has 2 aromatic rings. The van der Waals surface area contributed by atoms with Gasteiger partial charge in [-0.1, -0.05) is 15.9 Å². The summed E-state index contributed by atoms with van der Waals surface area (Å²) in [6.45, 7) is 0.409. The number of carbonyl (C=O) groups excluding carboxylic acids is 1. The predicted molar refractivity (Wildman–Crippen MR) is 126 cm³/mol. The smallest absolute Gasteiger partial charge is 0.245 e. The summed E-state index contributed by atoms with van der Waals surface area (Å²) in [6.07, 6.45) is 2.61. The van der Waals surface area contributed by atoms with Crippen LogP contribution < -0.4 is 14.4 Å². The van der Waals surface area contributed by atoms with E-state index in [4.69, 9.17) is 4.74 Å². The molecule has 12 heteroatoms. The highest BCUT2D eigenvalue weighted by Crippen LogP contribution is 2.30. The number of anilines is 2. The van der Waals surface area contributed by atoms with Crippen LogP contribution in [0.3, 0.4) is 0 Å². The van der Waals surface area contributed by atoms with Crippen LogP contribution in [0.25, 0.3) is 0 Å². The Morgan fingerprint density at radius 2 is 1.72 bits per heavy atom. The van der Waals surface area contributed by atoms with Crippen molar-refractivity contribution in [2.75, 3.05) is 42.6 Å². The molecule has 1 heterocycles. The Morgan fingerprint density at radius 1 is 1.09 bits per heavy atom. The number of benzene rings is 2. The zero-order chi connectivity index (χ0) is 23.5. The molecule has 0 aliphatic carbocycles. The molecule has 1 amide bonds. The summed E-state index contributed by atoms with van der Waals surface area (Å²) in [5.74, 6) is -0.388. The lowest BCUT2D eigenvalue weighted by molar-refractivity contribution is -0.114. The molecule has 0 bridgehead atoms. The van der Waals surface area contributed by atoms with Gasteiger partial charge in [0.25, 0.3) is 0 Å². The maximum absolute atomic E-state index is 12.9. The van der Waals surface area contributed by atoms with Crippen molar-refractivity contribution in [2.24, 2.45) is 0 Å². The number of nitrogens with zero attached hydrogens (tertiary/aromatic N) is 2. The van der Waals surface area contributed by atoms with Crippen LogP contribution in [0.2, 0.25) is 0 Å². The van der Waals surface area contributed by atoms with Gasteiger partial charge in [0.05, 0.1) is 29.6 Å². The average molecular weight is 546 g/mol. The number of amides is 1. The highest BCUT2D eigenvalue weighted by molar-refractivity contribution is 9.10. The number of halogens is 1. The van der Waals surface area contributed by atoms with Crippen LogP contribution in [-0.2, 0) is 24.8 Å². The molecule has 0 saturated carbocycles. The Labute approximate surface area is 196 Å². The van der Waals surface area contributed by atoms with Crippen molar-refractivity contribution in [3.8, 4) is 5.75 Å². The monoisotopic (exact) mass is 545 g/mol. The van der Waals surface area contributed by atoms with Crippen molar-refractivity contribution in [2.45, 2.75) is 17.7 Å². The molecule has 1 aliphatic heterocycles. The molecule has 32 heavy (non-hydrogen) atoms. The quantitative estimate of drug-likeness (QED) is 0.545. The second kappa shape index (κ2) is 9.77. The second-order valence-electron chi connectivity index (χ2n) is 7.27. The molecule has 0 atom stereocenters. The first-order valence-corrected chi connectivity index (χ1v) is 13.8. The van der Waals surface area contributed by atoms with E-state index in [0.29, 0.717) is 18.8 Å². The normalized spacial score (nSPS) is 14.8. The second-order valence-corrected chi connectivity index (χ2v) is 12.0. The number of rotatable bonds is 8. The van der Waals surface area contributed by atoms with E-state index in [1.54, 1.807) is 24.3 Å². The molecule has 1 N–H and O–H groups in total. The van der Waals surface area contributed by atoms with E-state index in [-0.39, 0.29) is 16.3 Å². The van der Waals surface area contributed by atoms with Crippen LogP contribution >= 0.6 is 15.9 Å². The predicted octanol–water partition coefficient (Wildman–Crippen LogP) is 2.65. The van der Waals surface area contributed by atoms with Gasteiger partial charge in [-0.2, -0.15) is 4.31 Å². The summed E-state index contributed by atoms with van der Waals surface area (Å²) in [7, 11) is -6.06.